The zero-order valence-electron chi connectivity index (χ0n) is 12.0. The van der Waals surface area contributed by atoms with E-state index < -0.39 is 0 Å². The molecule has 0 radical (unpaired) electrons. The van der Waals surface area contributed by atoms with E-state index in [-0.39, 0.29) is 0 Å². The van der Waals surface area contributed by atoms with Crippen LogP contribution in [0, 0.1) is 20.8 Å². The first-order chi connectivity index (χ1) is 9.60. The molecule has 100 valence electrons. The van der Waals surface area contributed by atoms with Crippen molar-refractivity contribution in [1.82, 2.24) is 4.40 Å². The van der Waals surface area contributed by atoms with E-state index in [1.807, 2.05) is 16.7 Å². The molecule has 3 aromatic rings. The second kappa shape index (κ2) is 4.64. The van der Waals surface area contributed by atoms with Crippen LogP contribution in [0.2, 0.25) is 0 Å². The second-order valence-electron chi connectivity index (χ2n) is 5.38. The number of hydrogen-bond donors (Lipinski definition) is 0. The highest BCUT2D eigenvalue weighted by Gasteiger charge is 2.13. The number of aromatic nitrogens is 1. The standard InChI is InChI=1S/C18H17NO/c1-12-4-5-14(3)16(9-12)17-10-15-8-13(2)6-7-19(15)18(17)11-20/h4-11H,1-3H3. The summed E-state index contributed by atoms with van der Waals surface area (Å²) in [5, 5.41) is 0. The zero-order chi connectivity index (χ0) is 14.3. The van der Waals surface area contributed by atoms with Gasteiger partial charge >= 0.3 is 0 Å². The van der Waals surface area contributed by atoms with Crippen molar-refractivity contribution in [2.24, 2.45) is 0 Å². The molecular weight excluding hydrogens is 246 g/mol. The van der Waals surface area contributed by atoms with Gasteiger partial charge in [0.2, 0.25) is 0 Å². The first-order valence-corrected chi connectivity index (χ1v) is 6.74. The van der Waals surface area contributed by atoms with Crippen LogP contribution in [0.4, 0.5) is 0 Å². The Morgan fingerprint density at radius 3 is 2.40 bits per heavy atom. The minimum atomic E-state index is 0.716. The van der Waals surface area contributed by atoms with E-state index in [4.69, 9.17) is 0 Å². The molecule has 0 aliphatic heterocycles. The summed E-state index contributed by atoms with van der Waals surface area (Å²) in [6, 6.07) is 12.6. The Morgan fingerprint density at radius 2 is 1.65 bits per heavy atom. The van der Waals surface area contributed by atoms with Crippen molar-refractivity contribution in [3.63, 3.8) is 0 Å². The largest absolute Gasteiger partial charge is 0.314 e. The number of carbonyl (C=O) groups excluding carboxylic acids is 1. The maximum atomic E-state index is 11.5. The second-order valence-corrected chi connectivity index (χ2v) is 5.38. The van der Waals surface area contributed by atoms with Crippen molar-refractivity contribution < 1.29 is 4.79 Å². The molecule has 2 heterocycles. The Hall–Kier alpha value is -2.35. The Labute approximate surface area is 118 Å². The van der Waals surface area contributed by atoms with Crippen molar-refractivity contribution in [3.05, 3.63) is 65.0 Å². The number of nitrogens with zero attached hydrogens (tertiary/aromatic N) is 1. The molecule has 0 atom stereocenters. The smallest absolute Gasteiger partial charge is 0.167 e. The van der Waals surface area contributed by atoms with Crippen LogP contribution in [-0.4, -0.2) is 10.7 Å². The van der Waals surface area contributed by atoms with Gasteiger partial charge in [-0.2, -0.15) is 0 Å². The molecule has 1 aromatic carbocycles. The van der Waals surface area contributed by atoms with Gasteiger partial charge in [-0.3, -0.25) is 4.79 Å². The van der Waals surface area contributed by atoms with Crippen LogP contribution in [-0.2, 0) is 0 Å². The highest BCUT2D eigenvalue weighted by Crippen LogP contribution is 2.30. The summed E-state index contributed by atoms with van der Waals surface area (Å²) in [6.45, 7) is 6.21. The molecule has 0 N–H and O–H groups in total. The summed E-state index contributed by atoms with van der Waals surface area (Å²) in [7, 11) is 0. The van der Waals surface area contributed by atoms with E-state index in [2.05, 4.69) is 51.1 Å². The lowest BCUT2D eigenvalue weighted by Gasteiger charge is -2.06. The first-order valence-electron chi connectivity index (χ1n) is 6.74. The summed E-state index contributed by atoms with van der Waals surface area (Å²) >= 11 is 0. The van der Waals surface area contributed by atoms with Crippen LogP contribution in [0.3, 0.4) is 0 Å². The monoisotopic (exact) mass is 263 g/mol. The Kier molecular flexibility index (Phi) is 2.94. The molecule has 0 bridgehead atoms. The summed E-state index contributed by atoms with van der Waals surface area (Å²) in [5.74, 6) is 0. The van der Waals surface area contributed by atoms with Crippen LogP contribution in [0.5, 0.6) is 0 Å². The summed E-state index contributed by atoms with van der Waals surface area (Å²) in [4.78, 5) is 11.5. The fourth-order valence-corrected chi connectivity index (χ4v) is 2.67. The summed E-state index contributed by atoms with van der Waals surface area (Å²) < 4.78 is 1.96. The number of carbonyl (C=O) groups is 1. The van der Waals surface area contributed by atoms with Gasteiger partial charge in [-0.05, 0) is 55.7 Å². The number of fused-ring (bicyclic) bond motifs is 1. The zero-order valence-corrected chi connectivity index (χ0v) is 12.0. The number of aryl methyl sites for hydroxylation is 3. The van der Waals surface area contributed by atoms with Crippen LogP contribution in [0.1, 0.15) is 27.2 Å². The maximum Gasteiger partial charge on any atom is 0.167 e. The van der Waals surface area contributed by atoms with Gasteiger partial charge in [0, 0.05) is 17.3 Å². The molecule has 2 nitrogen and oxygen atoms in total. The molecule has 0 saturated heterocycles. The predicted octanol–water partition coefficient (Wildman–Crippen LogP) is 4.34. The fraction of sp³-hybridized carbons (Fsp3) is 0.167. The van der Waals surface area contributed by atoms with E-state index in [9.17, 15) is 4.79 Å². The van der Waals surface area contributed by atoms with Gasteiger partial charge in [0.1, 0.15) is 0 Å². The van der Waals surface area contributed by atoms with E-state index >= 15 is 0 Å². The third-order valence-electron chi connectivity index (χ3n) is 3.76. The van der Waals surface area contributed by atoms with Crippen LogP contribution in [0.15, 0.2) is 42.6 Å². The van der Waals surface area contributed by atoms with E-state index in [1.54, 1.807) is 0 Å². The molecule has 0 saturated carbocycles. The van der Waals surface area contributed by atoms with Crippen molar-refractivity contribution >= 4 is 11.8 Å². The van der Waals surface area contributed by atoms with Crippen molar-refractivity contribution in [3.8, 4) is 11.1 Å². The lowest BCUT2D eigenvalue weighted by molar-refractivity contribution is 0.111. The Balaban J connectivity index is 2.35. The maximum absolute atomic E-state index is 11.5. The lowest BCUT2D eigenvalue weighted by atomic mass is 9.99. The normalized spacial score (nSPS) is 10.9. The number of rotatable bonds is 2. The number of benzene rings is 1. The van der Waals surface area contributed by atoms with Gasteiger partial charge in [-0.1, -0.05) is 23.8 Å². The minimum Gasteiger partial charge on any atom is -0.314 e. The molecule has 2 heteroatoms. The quantitative estimate of drug-likeness (QED) is 0.630. The van der Waals surface area contributed by atoms with Gasteiger partial charge in [0.15, 0.2) is 6.29 Å². The van der Waals surface area contributed by atoms with Gasteiger partial charge < -0.3 is 4.40 Å². The van der Waals surface area contributed by atoms with Gasteiger partial charge in [0.05, 0.1) is 5.69 Å². The van der Waals surface area contributed by atoms with Gasteiger partial charge in [0.25, 0.3) is 0 Å². The molecule has 20 heavy (non-hydrogen) atoms. The third kappa shape index (κ3) is 1.94. The minimum absolute atomic E-state index is 0.716. The van der Waals surface area contributed by atoms with E-state index in [1.165, 1.54) is 16.7 Å². The van der Waals surface area contributed by atoms with Crippen LogP contribution < -0.4 is 0 Å². The summed E-state index contributed by atoms with van der Waals surface area (Å²) in [6.07, 6.45) is 2.91. The lowest BCUT2D eigenvalue weighted by Crippen LogP contribution is -1.93. The topological polar surface area (TPSA) is 21.5 Å². The van der Waals surface area contributed by atoms with Crippen LogP contribution in [0.25, 0.3) is 16.6 Å². The average Bonchev–Trinajstić information content (AvgIpc) is 2.78. The molecule has 2 aromatic heterocycles. The third-order valence-corrected chi connectivity index (χ3v) is 3.76. The van der Waals surface area contributed by atoms with Crippen molar-refractivity contribution in [1.29, 1.82) is 0 Å². The molecule has 0 unspecified atom stereocenters. The molecular formula is C18H17NO. The van der Waals surface area contributed by atoms with Crippen LogP contribution >= 0.6 is 0 Å². The van der Waals surface area contributed by atoms with E-state index in [0.717, 1.165) is 22.9 Å². The Morgan fingerprint density at radius 1 is 0.900 bits per heavy atom. The molecule has 0 spiro atoms. The van der Waals surface area contributed by atoms with Crippen molar-refractivity contribution in [2.75, 3.05) is 0 Å². The van der Waals surface area contributed by atoms with Crippen molar-refractivity contribution in [2.45, 2.75) is 20.8 Å². The molecule has 0 aliphatic rings. The first kappa shape index (κ1) is 12.7. The SMILES string of the molecule is Cc1ccc(C)c(-c2cc3cc(C)ccn3c2C=O)c1. The average molecular weight is 263 g/mol. The molecule has 3 rings (SSSR count). The van der Waals surface area contributed by atoms with E-state index in [0.29, 0.717) is 5.69 Å². The Bertz CT molecular complexity index is 812. The molecule has 0 fully saturated rings. The fourth-order valence-electron chi connectivity index (χ4n) is 2.67. The number of aldehydes is 1. The highest BCUT2D eigenvalue weighted by molar-refractivity contribution is 5.90. The van der Waals surface area contributed by atoms with Gasteiger partial charge in [-0.25, -0.2) is 0 Å². The van der Waals surface area contributed by atoms with Gasteiger partial charge in [-0.15, -0.1) is 0 Å². The highest BCUT2D eigenvalue weighted by atomic mass is 16.1. The number of hydrogen-bond acceptors (Lipinski definition) is 1. The number of pyridine rings is 1. The predicted molar refractivity (Wildman–Crippen MR) is 82.4 cm³/mol. The molecule has 0 amide bonds. The molecule has 0 aliphatic carbocycles. The summed E-state index contributed by atoms with van der Waals surface area (Å²) in [5.41, 5.74) is 7.50.